The van der Waals surface area contributed by atoms with Crippen LogP contribution in [0.25, 0.3) is 22.0 Å². The Kier molecular flexibility index (Phi) is 7.85. The van der Waals surface area contributed by atoms with Crippen LogP contribution in [0.15, 0.2) is 36.5 Å². The molecule has 37 heavy (non-hydrogen) atoms. The summed E-state index contributed by atoms with van der Waals surface area (Å²) in [5.41, 5.74) is 3.02. The van der Waals surface area contributed by atoms with Crippen LogP contribution in [0.1, 0.15) is 63.7 Å². The highest BCUT2D eigenvalue weighted by Crippen LogP contribution is 2.38. The third-order valence-corrected chi connectivity index (χ3v) is 6.97. The molecule has 3 aromatic rings. The summed E-state index contributed by atoms with van der Waals surface area (Å²) in [5, 5.41) is 17.6. The van der Waals surface area contributed by atoms with Crippen LogP contribution in [0.4, 0.5) is 10.5 Å². The first-order chi connectivity index (χ1) is 17.4. The van der Waals surface area contributed by atoms with Gasteiger partial charge in [0.25, 0.3) is 0 Å². The summed E-state index contributed by atoms with van der Waals surface area (Å²) in [5.74, 6) is -0.245. The van der Waals surface area contributed by atoms with E-state index in [0.29, 0.717) is 5.56 Å². The molecule has 0 bridgehead atoms. The third kappa shape index (κ3) is 6.46. The Morgan fingerprint density at radius 3 is 2.22 bits per heavy atom. The minimum Gasteiger partial charge on any atom is -0.505 e. The van der Waals surface area contributed by atoms with Crippen molar-refractivity contribution in [3.05, 3.63) is 52.1 Å². The number of phenolic OH excluding ortho intramolecular Hbond substituents is 1. The number of carbonyl (C=O) groups excluding carboxylic acids is 2. The molecule has 0 atom stereocenters. The maximum absolute atomic E-state index is 12.5. The lowest BCUT2D eigenvalue weighted by Crippen LogP contribution is -2.42. The van der Waals surface area contributed by atoms with Gasteiger partial charge in [0.05, 0.1) is 26.8 Å². The van der Waals surface area contributed by atoms with Gasteiger partial charge < -0.3 is 20.5 Å². The van der Waals surface area contributed by atoms with Crippen molar-refractivity contribution < 1.29 is 19.4 Å². The van der Waals surface area contributed by atoms with Crippen molar-refractivity contribution in [1.82, 2.24) is 10.3 Å². The average Bonchev–Trinajstić information content (AvgIpc) is 2.82. The van der Waals surface area contributed by atoms with Gasteiger partial charge in [-0.2, -0.15) is 0 Å². The van der Waals surface area contributed by atoms with E-state index in [4.69, 9.17) is 27.9 Å². The normalized spacial score (nSPS) is 17.9. The summed E-state index contributed by atoms with van der Waals surface area (Å²) in [7, 11) is 0. The zero-order chi connectivity index (χ0) is 26.9. The first-order valence-corrected chi connectivity index (χ1v) is 13.0. The standard InChI is InChI=1S/C28H31Cl2N3O4/c1-15(34)21-14-31-24-10-5-16(17-12-22(29)26(35)23(30)13-17)11-20(24)25(21)32-18-6-8-19(9-7-18)33-27(36)37-28(2,3)4/h5,10-14,18-19,35H,6-9H2,1-4H3,(H,31,32)(H,33,36)/t18-,19-. The highest BCUT2D eigenvalue weighted by atomic mass is 35.5. The molecule has 1 amide bonds. The molecule has 0 saturated heterocycles. The molecule has 1 fully saturated rings. The quantitative estimate of drug-likeness (QED) is 0.290. The van der Waals surface area contributed by atoms with Crippen molar-refractivity contribution in [3.8, 4) is 16.9 Å². The number of anilines is 1. The van der Waals surface area contributed by atoms with Gasteiger partial charge >= 0.3 is 6.09 Å². The fraction of sp³-hybridized carbons (Fsp3) is 0.393. The van der Waals surface area contributed by atoms with Gasteiger partial charge in [-0.1, -0.05) is 29.3 Å². The van der Waals surface area contributed by atoms with Crippen molar-refractivity contribution >= 4 is 51.7 Å². The minimum absolute atomic E-state index is 0.0463. The number of rotatable bonds is 5. The summed E-state index contributed by atoms with van der Waals surface area (Å²) < 4.78 is 5.38. The molecule has 1 aromatic heterocycles. The first-order valence-electron chi connectivity index (χ1n) is 12.3. The summed E-state index contributed by atoms with van der Waals surface area (Å²) in [4.78, 5) is 29.2. The smallest absolute Gasteiger partial charge is 0.407 e. The number of ether oxygens (including phenoxy) is 1. The molecular weight excluding hydrogens is 513 g/mol. The molecule has 1 saturated carbocycles. The van der Waals surface area contributed by atoms with Gasteiger partial charge in [-0.15, -0.1) is 0 Å². The Morgan fingerprint density at radius 1 is 1.00 bits per heavy atom. The van der Waals surface area contributed by atoms with E-state index in [1.807, 2.05) is 39.0 Å². The molecule has 1 aliphatic carbocycles. The lowest BCUT2D eigenvalue weighted by molar-refractivity contribution is 0.0492. The van der Waals surface area contributed by atoms with Gasteiger partial charge in [-0.05, 0) is 88.8 Å². The van der Waals surface area contributed by atoms with Crippen molar-refractivity contribution in [2.75, 3.05) is 5.32 Å². The maximum Gasteiger partial charge on any atom is 0.407 e. The summed E-state index contributed by atoms with van der Waals surface area (Å²) in [6.07, 6.45) is 4.45. The number of nitrogens with zero attached hydrogens (tertiary/aromatic N) is 1. The zero-order valence-electron chi connectivity index (χ0n) is 21.3. The summed E-state index contributed by atoms with van der Waals surface area (Å²) in [6.45, 7) is 7.05. The predicted octanol–water partition coefficient (Wildman–Crippen LogP) is 7.36. The number of alkyl carbamates (subject to hydrolysis) is 1. The number of benzene rings is 2. The summed E-state index contributed by atoms with van der Waals surface area (Å²) >= 11 is 12.3. The van der Waals surface area contributed by atoms with E-state index in [0.717, 1.165) is 53.4 Å². The molecule has 7 nitrogen and oxygen atoms in total. The number of aromatic nitrogens is 1. The van der Waals surface area contributed by atoms with Gasteiger partial charge in [0, 0.05) is 23.7 Å². The number of ketones is 1. The van der Waals surface area contributed by atoms with Crippen LogP contribution in [0.2, 0.25) is 10.0 Å². The van der Waals surface area contributed by atoms with Crippen molar-refractivity contribution in [3.63, 3.8) is 0 Å². The van der Waals surface area contributed by atoms with Crippen LogP contribution in [0, 0.1) is 0 Å². The number of fused-ring (bicyclic) bond motifs is 1. The molecule has 9 heteroatoms. The SMILES string of the molecule is CC(=O)c1cnc2ccc(-c3cc(Cl)c(O)c(Cl)c3)cc2c1N[C@H]1CC[C@H](NC(=O)OC(C)(C)C)CC1. The van der Waals surface area contributed by atoms with E-state index in [1.165, 1.54) is 6.92 Å². The van der Waals surface area contributed by atoms with E-state index in [9.17, 15) is 14.7 Å². The molecule has 1 heterocycles. The molecule has 196 valence electrons. The van der Waals surface area contributed by atoms with E-state index in [2.05, 4.69) is 15.6 Å². The topological polar surface area (TPSA) is 101 Å². The zero-order valence-corrected chi connectivity index (χ0v) is 22.8. The second-order valence-electron chi connectivity index (χ2n) is 10.5. The van der Waals surface area contributed by atoms with Crippen molar-refractivity contribution in [1.29, 1.82) is 0 Å². The number of amides is 1. The Morgan fingerprint density at radius 2 is 1.62 bits per heavy atom. The number of Topliss-reactive ketones (excluding diaryl/α,β-unsaturated/α-hetero) is 1. The number of hydrogen-bond donors (Lipinski definition) is 3. The number of hydrogen-bond acceptors (Lipinski definition) is 6. The Balaban J connectivity index is 1.59. The van der Waals surface area contributed by atoms with E-state index in [1.54, 1.807) is 18.3 Å². The largest absolute Gasteiger partial charge is 0.505 e. The van der Waals surface area contributed by atoms with Gasteiger partial charge in [-0.3, -0.25) is 9.78 Å². The predicted molar refractivity (Wildman–Crippen MR) is 148 cm³/mol. The van der Waals surface area contributed by atoms with Gasteiger partial charge in [-0.25, -0.2) is 4.79 Å². The highest BCUT2D eigenvalue weighted by molar-refractivity contribution is 6.37. The van der Waals surface area contributed by atoms with E-state index >= 15 is 0 Å². The molecule has 2 aromatic carbocycles. The van der Waals surface area contributed by atoms with Gasteiger partial charge in [0.2, 0.25) is 0 Å². The molecule has 1 aliphatic rings. The molecule has 4 rings (SSSR count). The van der Waals surface area contributed by atoms with E-state index in [-0.39, 0.29) is 33.7 Å². The molecule has 0 spiro atoms. The van der Waals surface area contributed by atoms with Crippen molar-refractivity contribution in [2.24, 2.45) is 0 Å². The van der Waals surface area contributed by atoms with Crippen LogP contribution < -0.4 is 10.6 Å². The van der Waals surface area contributed by atoms with E-state index < -0.39 is 11.7 Å². The highest BCUT2D eigenvalue weighted by Gasteiger charge is 2.26. The fourth-order valence-corrected chi connectivity index (χ4v) is 5.07. The molecule has 0 unspecified atom stereocenters. The third-order valence-electron chi connectivity index (χ3n) is 6.39. The Labute approximate surface area is 226 Å². The Bertz CT molecular complexity index is 1320. The minimum atomic E-state index is -0.538. The molecule has 0 radical (unpaired) electrons. The fourth-order valence-electron chi connectivity index (χ4n) is 4.59. The second kappa shape index (κ2) is 10.8. The molecular formula is C28H31Cl2N3O4. The van der Waals surface area contributed by atoms with Crippen LogP contribution in [0.3, 0.4) is 0 Å². The molecule has 0 aliphatic heterocycles. The number of carbonyl (C=O) groups is 2. The first kappa shape index (κ1) is 27.0. The number of pyridine rings is 1. The summed E-state index contributed by atoms with van der Waals surface area (Å²) in [6, 6.07) is 9.21. The number of nitrogens with one attached hydrogen (secondary N) is 2. The van der Waals surface area contributed by atoms with Gasteiger partial charge in [0.1, 0.15) is 5.60 Å². The number of phenols is 1. The van der Waals surface area contributed by atoms with Gasteiger partial charge in [0.15, 0.2) is 11.5 Å². The average molecular weight is 544 g/mol. The van der Waals surface area contributed by atoms with Crippen molar-refractivity contribution in [2.45, 2.75) is 71.1 Å². The number of aromatic hydroxyl groups is 1. The second-order valence-corrected chi connectivity index (χ2v) is 11.3. The molecule has 3 N–H and O–H groups in total. The van der Waals surface area contributed by atoms with Crippen LogP contribution >= 0.6 is 23.2 Å². The van der Waals surface area contributed by atoms with Crippen LogP contribution in [-0.2, 0) is 4.74 Å². The maximum atomic E-state index is 12.5. The monoisotopic (exact) mass is 543 g/mol. The lowest BCUT2D eigenvalue weighted by Gasteiger charge is -2.31. The van der Waals surface area contributed by atoms with Crippen LogP contribution in [-0.4, -0.2) is 39.7 Å². The number of halogens is 2. The Hall–Kier alpha value is -3.03. The van der Waals surface area contributed by atoms with Crippen LogP contribution in [0.5, 0.6) is 5.75 Å². The lowest BCUT2D eigenvalue weighted by atomic mass is 9.90.